The molecule has 0 saturated carbocycles. The molecule has 1 saturated heterocycles. The Morgan fingerprint density at radius 3 is 2.45 bits per heavy atom. The van der Waals surface area contributed by atoms with E-state index in [-0.39, 0.29) is 17.5 Å². The molecule has 3 heterocycles. The first-order valence-electron chi connectivity index (χ1n) is 10.7. The van der Waals surface area contributed by atoms with E-state index < -0.39 is 0 Å². The van der Waals surface area contributed by atoms with E-state index in [2.05, 4.69) is 46.5 Å². The van der Waals surface area contributed by atoms with E-state index in [0.717, 1.165) is 54.9 Å². The molecule has 7 heteroatoms. The van der Waals surface area contributed by atoms with Gasteiger partial charge in [0.2, 0.25) is 0 Å². The van der Waals surface area contributed by atoms with Gasteiger partial charge in [0.15, 0.2) is 5.13 Å². The van der Waals surface area contributed by atoms with Crippen molar-refractivity contribution in [2.75, 3.05) is 18.4 Å². The summed E-state index contributed by atoms with van der Waals surface area (Å²) >= 11 is 1.43. The molecule has 0 aliphatic carbocycles. The first kappa shape index (κ1) is 21.2. The number of benzene rings is 1. The number of amides is 2. The van der Waals surface area contributed by atoms with Crippen molar-refractivity contribution >= 4 is 28.3 Å². The predicted octanol–water partition coefficient (Wildman–Crippen LogP) is 4.95. The Kier molecular flexibility index (Phi) is 6.42. The highest BCUT2D eigenvalue weighted by atomic mass is 32.1. The summed E-state index contributed by atoms with van der Waals surface area (Å²) < 4.78 is 0. The van der Waals surface area contributed by atoms with Gasteiger partial charge in [0.05, 0.1) is 5.69 Å². The van der Waals surface area contributed by atoms with Gasteiger partial charge in [-0.05, 0) is 43.9 Å². The second-order valence-electron chi connectivity index (χ2n) is 7.73. The first-order valence-corrected chi connectivity index (χ1v) is 11.5. The van der Waals surface area contributed by atoms with E-state index >= 15 is 0 Å². The summed E-state index contributed by atoms with van der Waals surface area (Å²) in [7, 11) is 0. The van der Waals surface area contributed by atoms with Crippen molar-refractivity contribution in [3.05, 3.63) is 64.3 Å². The van der Waals surface area contributed by atoms with Gasteiger partial charge in [-0.3, -0.25) is 14.9 Å². The molecule has 2 amide bonds. The average Bonchev–Trinajstić information content (AvgIpc) is 3.44. The quantitative estimate of drug-likeness (QED) is 0.595. The van der Waals surface area contributed by atoms with Crippen molar-refractivity contribution < 1.29 is 9.59 Å². The Bertz CT molecular complexity index is 1090. The number of rotatable bonds is 6. The lowest BCUT2D eigenvalue weighted by Crippen LogP contribution is -2.29. The zero-order valence-corrected chi connectivity index (χ0v) is 18.7. The van der Waals surface area contributed by atoms with Gasteiger partial charge in [-0.1, -0.05) is 43.7 Å². The Hall–Kier alpha value is -3.06. The number of nitrogens with one attached hydrogen (secondary N) is 1. The SMILES string of the molecule is CCCc1ccc(-c2nc(NC(=O)c3cccc(C(=O)N4CCCC4)n3)sc2C)cc1. The maximum absolute atomic E-state index is 12.8. The predicted molar refractivity (Wildman–Crippen MR) is 124 cm³/mol. The highest BCUT2D eigenvalue weighted by Crippen LogP contribution is 2.31. The maximum atomic E-state index is 12.8. The van der Waals surface area contributed by atoms with Crippen molar-refractivity contribution in [3.8, 4) is 11.3 Å². The monoisotopic (exact) mass is 434 g/mol. The minimum absolute atomic E-state index is 0.119. The lowest BCUT2D eigenvalue weighted by molar-refractivity contribution is 0.0787. The molecule has 1 aliphatic heterocycles. The molecule has 1 N–H and O–H groups in total. The molecule has 2 aromatic heterocycles. The number of likely N-dealkylation sites (tertiary alicyclic amines) is 1. The number of carbonyl (C=O) groups is 2. The van der Waals surface area contributed by atoms with Crippen LogP contribution in [0, 0.1) is 6.92 Å². The van der Waals surface area contributed by atoms with Crippen LogP contribution in [-0.4, -0.2) is 39.8 Å². The fourth-order valence-corrected chi connectivity index (χ4v) is 4.59. The smallest absolute Gasteiger partial charge is 0.276 e. The van der Waals surface area contributed by atoms with E-state index in [1.807, 2.05) is 6.92 Å². The number of pyridine rings is 1. The molecule has 6 nitrogen and oxygen atoms in total. The molecule has 1 aromatic carbocycles. The van der Waals surface area contributed by atoms with Gasteiger partial charge in [-0.2, -0.15) is 0 Å². The van der Waals surface area contributed by atoms with Gasteiger partial charge in [0, 0.05) is 23.5 Å². The first-order chi connectivity index (χ1) is 15.0. The molecule has 1 aliphatic rings. The molecule has 0 radical (unpaired) electrons. The second kappa shape index (κ2) is 9.39. The number of hydrogen-bond acceptors (Lipinski definition) is 5. The van der Waals surface area contributed by atoms with Crippen molar-refractivity contribution in [2.24, 2.45) is 0 Å². The molecule has 0 bridgehead atoms. The number of anilines is 1. The number of aromatic nitrogens is 2. The Labute approximate surface area is 186 Å². The largest absolute Gasteiger partial charge is 0.337 e. The average molecular weight is 435 g/mol. The number of carbonyl (C=O) groups excluding carboxylic acids is 2. The number of aryl methyl sites for hydroxylation is 2. The van der Waals surface area contributed by atoms with Crippen molar-refractivity contribution in [1.29, 1.82) is 0 Å². The van der Waals surface area contributed by atoms with Gasteiger partial charge >= 0.3 is 0 Å². The Morgan fingerprint density at radius 2 is 1.74 bits per heavy atom. The third kappa shape index (κ3) is 4.82. The lowest BCUT2D eigenvalue weighted by atomic mass is 10.1. The van der Waals surface area contributed by atoms with Crippen LogP contribution >= 0.6 is 11.3 Å². The van der Waals surface area contributed by atoms with Gasteiger partial charge in [0.25, 0.3) is 11.8 Å². The van der Waals surface area contributed by atoms with E-state index in [1.54, 1.807) is 23.1 Å². The van der Waals surface area contributed by atoms with Crippen LogP contribution in [0.5, 0.6) is 0 Å². The van der Waals surface area contributed by atoms with E-state index in [9.17, 15) is 9.59 Å². The minimum atomic E-state index is -0.366. The van der Waals surface area contributed by atoms with Crippen LogP contribution in [0.3, 0.4) is 0 Å². The standard InChI is InChI=1S/C24H26N4O2S/c1-3-7-17-10-12-18(13-11-17)21-16(2)31-24(26-21)27-22(29)19-8-6-9-20(25-19)23(30)28-14-4-5-15-28/h6,8-13H,3-5,7,14-15H2,1-2H3,(H,26,27,29). The summed E-state index contributed by atoms with van der Waals surface area (Å²) in [6.07, 6.45) is 4.20. The molecule has 0 unspecified atom stereocenters. The van der Waals surface area contributed by atoms with Crippen LogP contribution in [0.4, 0.5) is 5.13 Å². The summed E-state index contributed by atoms with van der Waals surface area (Å²) in [5.74, 6) is -0.485. The molecule has 3 aromatic rings. The van der Waals surface area contributed by atoms with Crippen LogP contribution in [0.25, 0.3) is 11.3 Å². The fourth-order valence-electron chi connectivity index (χ4n) is 3.76. The van der Waals surface area contributed by atoms with E-state index in [4.69, 9.17) is 0 Å². The highest BCUT2D eigenvalue weighted by molar-refractivity contribution is 7.16. The molecule has 0 spiro atoms. The molecule has 1 fully saturated rings. The fraction of sp³-hybridized carbons (Fsp3) is 0.333. The normalized spacial score (nSPS) is 13.4. The van der Waals surface area contributed by atoms with Crippen LogP contribution in [0.15, 0.2) is 42.5 Å². The Morgan fingerprint density at radius 1 is 1.03 bits per heavy atom. The van der Waals surface area contributed by atoms with E-state index in [0.29, 0.717) is 10.8 Å². The summed E-state index contributed by atoms with van der Waals surface area (Å²) in [5, 5.41) is 3.36. The van der Waals surface area contributed by atoms with Crippen LogP contribution in [-0.2, 0) is 6.42 Å². The van der Waals surface area contributed by atoms with Crippen LogP contribution in [0.2, 0.25) is 0 Å². The molecular formula is C24H26N4O2S. The zero-order valence-electron chi connectivity index (χ0n) is 17.9. The third-order valence-electron chi connectivity index (χ3n) is 5.38. The number of nitrogens with zero attached hydrogens (tertiary/aromatic N) is 3. The van der Waals surface area contributed by atoms with Crippen LogP contribution < -0.4 is 5.32 Å². The minimum Gasteiger partial charge on any atom is -0.337 e. The van der Waals surface area contributed by atoms with Crippen molar-refractivity contribution in [1.82, 2.24) is 14.9 Å². The van der Waals surface area contributed by atoms with Crippen LogP contribution in [0.1, 0.15) is 57.6 Å². The van der Waals surface area contributed by atoms with Gasteiger partial charge in [-0.25, -0.2) is 9.97 Å². The summed E-state index contributed by atoms with van der Waals surface area (Å²) in [6.45, 7) is 5.66. The third-order valence-corrected chi connectivity index (χ3v) is 6.26. The summed E-state index contributed by atoms with van der Waals surface area (Å²) in [6, 6.07) is 13.4. The van der Waals surface area contributed by atoms with Gasteiger partial charge in [-0.15, -0.1) is 11.3 Å². The summed E-state index contributed by atoms with van der Waals surface area (Å²) in [4.78, 5) is 37.1. The van der Waals surface area contributed by atoms with E-state index in [1.165, 1.54) is 16.9 Å². The van der Waals surface area contributed by atoms with Gasteiger partial charge < -0.3 is 4.90 Å². The molecular weight excluding hydrogens is 408 g/mol. The van der Waals surface area contributed by atoms with Gasteiger partial charge in [0.1, 0.15) is 11.4 Å². The molecule has 31 heavy (non-hydrogen) atoms. The second-order valence-corrected chi connectivity index (χ2v) is 8.94. The highest BCUT2D eigenvalue weighted by Gasteiger charge is 2.22. The molecule has 160 valence electrons. The topological polar surface area (TPSA) is 75.2 Å². The van der Waals surface area contributed by atoms with Crippen molar-refractivity contribution in [2.45, 2.75) is 39.5 Å². The summed E-state index contributed by atoms with van der Waals surface area (Å²) in [5.41, 5.74) is 3.72. The van der Waals surface area contributed by atoms with Crippen molar-refractivity contribution in [3.63, 3.8) is 0 Å². The maximum Gasteiger partial charge on any atom is 0.276 e. The number of hydrogen-bond donors (Lipinski definition) is 1. The Balaban J connectivity index is 1.48. The number of thiazole rings is 1. The molecule has 0 atom stereocenters. The molecule has 4 rings (SSSR count). The lowest BCUT2D eigenvalue weighted by Gasteiger charge is -2.14. The zero-order chi connectivity index (χ0) is 21.8.